The molecule has 0 aromatic heterocycles. The van der Waals surface area contributed by atoms with Crippen molar-refractivity contribution in [3.8, 4) is 0 Å². The largest absolute Gasteiger partial charge is 0.216 e. The number of hydrogen-bond donors (Lipinski definition) is 1. The van der Waals surface area contributed by atoms with Crippen LogP contribution in [0.25, 0.3) is 0 Å². The maximum Gasteiger partial charge on any atom is 0.216 e. The van der Waals surface area contributed by atoms with Gasteiger partial charge in [-0.05, 0) is 35.4 Å². The summed E-state index contributed by atoms with van der Waals surface area (Å²) in [5.74, 6) is -1.01. The molecular formula is C14H13F2NO2S. The van der Waals surface area contributed by atoms with E-state index >= 15 is 0 Å². The molecule has 0 atom stereocenters. The fraction of sp³-hybridized carbons (Fsp3) is 0.143. The van der Waals surface area contributed by atoms with E-state index < -0.39 is 15.8 Å². The average Bonchev–Trinajstić information content (AvgIpc) is 2.41. The third kappa shape index (κ3) is 4.40. The van der Waals surface area contributed by atoms with E-state index in [2.05, 4.69) is 4.72 Å². The van der Waals surface area contributed by atoms with Crippen molar-refractivity contribution in [2.45, 2.75) is 12.3 Å². The van der Waals surface area contributed by atoms with Crippen LogP contribution >= 0.6 is 0 Å². The van der Waals surface area contributed by atoms with Crippen LogP contribution in [-0.4, -0.2) is 8.42 Å². The first-order valence-electron chi connectivity index (χ1n) is 5.91. The van der Waals surface area contributed by atoms with Crippen molar-refractivity contribution in [1.82, 2.24) is 4.72 Å². The van der Waals surface area contributed by atoms with Crippen molar-refractivity contribution in [2.75, 3.05) is 0 Å². The lowest BCUT2D eigenvalue weighted by Gasteiger charge is -2.07. The molecule has 0 saturated heterocycles. The van der Waals surface area contributed by atoms with Crippen molar-refractivity contribution in [2.24, 2.45) is 0 Å². The molecule has 0 aliphatic heterocycles. The zero-order chi connectivity index (χ0) is 14.6. The van der Waals surface area contributed by atoms with Gasteiger partial charge in [-0.25, -0.2) is 21.9 Å². The Kier molecular flexibility index (Phi) is 4.46. The monoisotopic (exact) mass is 297 g/mol. The van der Waals surface area contributed by atoms with Gasteiger partial charge in [-0.15, -0.1) is 0 Å². The summed E-state index contributed by atoms with van der Waals surface area (Å²) in [6.45, 7) is 0.0871. The van der Waals surface area contributed by atoms with Crippen LogP contribution in [0.15, 0.2) is 48.5 Å². The molecule has 2 aromatic carbocycles. The van der Waals surface area contributed by atoms with Crippen molar-refractivity contribution in [3.05, 3.63) is 71.3 Å². The lowest BCUT2D eigenvalue weighted by atomic mass is 10.2. The third-order valence-corrected chi connectivity index (χ3v) is 3.98. The summed E-state index contributed by atoms with van der Waals surface area (Å²) in [6.07, 6.45) is 0. The van der Waals surface area contributed by atoms with E-state index in [4.69, 9.17) is 0 Å². The molecule has 0 unspecified atom stereocenters. The molecule has 0 heterocycles. The van der Waals surface area contributed by atoms with Gasteiger partial charge >= 0.3 is 0 Å². The number of nitrogens with one attached hydrogen (secondary N) is 1. The molecule has 2 aromatic rings. The Bertz CT molecular complexity index is 667. The predicted molar refractivity (Wildman–Crippen MR) is 72.3 cm³/mol. The Morgan fingerprint density at radius 1 is 0.800 bits per heavy atom. The molecular weight excluding hydrogens is 284 g/mol. The van der Waals surface area contributed by atoms with Crippen molar-refractivity contribution in [3.63, 3.8) is 0 Å². The number of halogens is 2. The molecule has 1 N–H and O–H groups in total. The zero-order valence-corrected chi connectivity index (χ0v) is 11.3. The fourth-order valence-electron chi connectivity index (χ4n) is 1.65. The topological polar surface area (TPSA) is 46.2 Å². The summed E-state index contributed by atoms with van der Waals surface area (Å²) < 4.78 is 51.5. The molecule has 2 rings (SSSR count). The molecule has 20 heavy (non-hydrogen) atoms. The van der Waals surface area contributed by atoms with Gasteiger partial charge in [-0.3, -0.25) is 0 Å². The minimum atomic E-state index is -3.52. The van der Waals surface area contributed by atoms with Crippen LogP contribution in [0.3, 0.4) is 0 Å². The van der Waals surface area contributed by atoms with Gasteiger partial charge in [0.2, 0.25) is 10.0 Å². The lowest BCUT2D eigenvalue weighted by Crippen LogP contribution is -2.24. The minimum Gasteiger partial charge on any atom is -0.212 e. The fourth-order valence-corrected chi connectivity index (χ4v) is 2.77. The lowest BCUT2D eigenvalue weighted by molar-refractivity contribution is 0.580. The van der Waals surface area contributed by atoms with E-state index in [1.54, 1.807) is 0 Å². The molecule has 0 fully saturated rings. The highest BCUT2D eigenvalue weighted by molar-refractivity contribution is 7.88. The van der Waals surface area contributed by atoms with Gasteiger partial charge in [0.25, 0.3) is 0 Å². The first-order valence-corrected chi connectivity index (χ1v) is 7.56. The van der Waals surface area contributed by atoms with Crippen LogP contribution in [0.5, 0.6) is 0 Å². The number of benzene rings is 2. The molecule has 6 heteroatoms. The first-order chi connectivity index (χ1) is 9.44. The van der Waals surface area contributed by atoms with Crippen LogP contribution in [0.1, 0.15) is 11.1 Å². The molecule has 0 amide bonds. The highest BCUT2D eigenvalue weighted by Gasteiger charge is 2.11. The van der Waals surface area contributed by atoms with Crippen molar-refractivity contribution >= 4 is 10.0 Å². The summed E-state index contributed by atoms with van der Waals surface area (Å²) in [6, 6.07) is 10.8. The smallest absolute Gasteiger partial charge is 0.212 e. The molecule has 0 saturated carbocycles. The number of hydrogen-bond acceptors (Lipinski definition) is 2. The van der Waals surface area contributed by atoms with Gasteiger partial charge < -0.3 is 0 Å². The second-order valence-electron chi connectivity index (χ2n) is 4.33. The van der Waals surface area contributed by atoms with E-state index in [1.807, 2.05) is 0 Å². The third-order valence-electron chi connectivity index (χ3n) is 2.68. The second-order valence-corrected chi connectivity index (χ2v) is 6.14. The first kappa shape index (κ1) is 14.6. The highest BCUT2D eigenvalue weighted by atomic mass is 32.2. The maximum atomic E-state index is 12.7. The quantitative estimate of drug-likeness (QED) is 0.922. The average molecular weight is 297 g/mol. The normalized spacial score (nSPS) is 11.5. The standard InChI is InChI=1S/C14H13F2NO2S/c15-13-5-1-11(2-6-13)9-17-20(18,19)10-12-3-7-14(16)8-4-12/h1-8,17H,9-10H2. The van der Waals surface area contributed by atoms with Crippen LogP contribution in [-0.2, 0) is 22.3 Å². The van der Waals surface area contributed by atoms with Gasteiger partial charge in [0.05, 0.1) is 5.75 Å². The Morgan fingerprint density at radius 2 is 1.25 bits per heavy atom. The van der Waals surface area contributed by atoms with Gasteiger partial charge in [0, 0.05) is 6.54 Å². The minimum absolute atomic E-state index is 0.0871. The van der Waals surface area contributed by atoms with E-state index in [0.29, 0.717) is 11.1 Å². The van der Waals surface area contributed by atoms with E-state index in [0.717, 1.165) is 0 Å². The van der Waals surface area contributed by atoms with Gasteiger partial charge in [0.15, 0.2) is 0 Å². The van der Waals surface area contributed by atoms with E-state index in [1.165, 1.54) is 48.5 Å². The van der Waals surface area contributed by atoms with Crippen LogP contribution in [0, 0.1) is 11.6 Å². The van der Waals surface area contributed by atoms with E-state index in [9.17, 15) is 17.2 Å². The highest BCUT2D eigenvalue weighted by Crippen LogP contribution is 2.08. The van der Waals surface area contributed by atoms with Gasteiger partial charge in [-0.1, -0.05) is 24.3 Å². The van der Waals surface area contributed by atoms with Crippen molar-refractivity contribution in [1.29, 1.82) is 0 Å². The van der Waals surface area contributed by atoms with Crippen LogP contribution in [0.4, 0.5) is 8.78 Å². The Balaban J connectivity index is 1.97. The molecule has 0 radical (unpaired) electrons. The number of sulfonamides is 1. The summed E-state index contributed by atoms with van der Waals surface area (Å²) in [5, 5.41) is 0. The Morgan fingerprint density at radius 3 is 1.75 bits per heavy atom. The summed E-state index contributed by atoms with van der Waals surface area (Å²) in [7, 11) is -3.52. The molecule has 106 valence electrons. The Hall–Kier alpha value is -1.79. The summed E-state index contributed by atoms with van der Waals surface area (Å²) in [4.78, 5) is 0. The van der Waals surface area contributed by atoms with Gasteiger partial charge in [-0.2, -0.15) is 0 Å². The van der Waals surface area contributed by atoms with Crippen LogP contribution < -0.4 is 4.72 Å². The SMILES string of the molecule is O=S(=O)(Cc1ccc(F)cc1)NCc1ccc(F)cc1. The maximum absolute atomic E-state index is 12.7. The number of rotatable bonds is 5. The summed E-state index contributed by atoms with van der Waals surface area (Å²) in [5.41, 5.74) is 1.16. The van der Waals surface area contributed by atoms with Gasteiger partial charge in [0.1, 0.15) is 11.6 Å². The molecule has 0 aliphatic carbocycles. The van der Waals surface area contributed by atoms with Crippen LogP contribution in [0.2, 0.25) is 0 Å². The molecule has 0 aliphatic rings. The molecule has 3 nitrogen and oxygen atoms in total. The van der Waals surface area contributed by atoms with E-state index in [-0.39, 0.29) is 18.1 Å². The molecule has 0 bridgehead atoms. The predicted octanol–water partition coefficient (Wildman–Crippen LogP) is 2.58. The zero-order valence-electron chi connectivity index (χ0n) is 10.5. The van der Waals surface area contributed by atoms with Crippen molar-refractivity contribution < 1.29 is 17.2 Å². The summed E-state index contributed by atoms with van der Waals surface area (Å²) >= 11 is 0. The Labute approximate surface area is 116 Å². The second kappa shape index (κ2) is 6.11. The molecule has 0 spiro atoms.